The van der Waals surface area contributed by atoms with Crippen molar-refractivity contribution in [3.8, 4) is 0 Å². The third-order valence-electron chi connectivity index (χ3n) is 3.89. The lowest BCUT2D eigenvalue weighted by Gasteiger charge is -2.43. The van der Waals surface area contributed by atoms with E-state index in [-0.39, 0.29) is 6.04 Å². The van der Waals surface area contributed by atoms with Gasteiger partial charge in [-0.1, -0.05) is 0 Å². The van der Waals surface area contributed by atoms with Crippen LogP contribution in [0.25, 0.3) is 0 Å². The lowest BCUT2D eigenvalue weighted by molar-refractivity contribution is -0.140. The van der Waals surface area contributed by atoms with Gasteiger partial charge in [0.25, 0.3) is 0 Å². The molecular formula is C13H20N2O2. The Labute approximate surface area is 102 Å². The molecule has 0 amide bonds. The summed E-state index contributed by atoms with van der Waals surface area (Å²) in [5.41, 5.74) is 5.41. The first-order chi connectivity index (χ1) is 8.21. The van der Waals surface area contributed by atoms with E-state index in [9.17, 15) is 0 Å². The summed E-state index contributed by atoms with van der Waals surface area (Å²) in [5.74, 6) is 1.87. The predicted molar refractivity (Wildman–Crippen MR) is 65.7 cm³/mol. The minimum Gasteiger partial charge on any atom is -0.491 e. The molecule has 17 heavy (non-hydrogen) atoms. The molecule has 1 spiro atoms. The fourth-order valence-electron chi connectivity index (χ4n) is 3.24. The molecule has 0 saturated carbocycles. The average molecular weight is 236 g/mol. The van der Waals surface area contributed by atoms with E-state index in [0.717, 1.165) is 25.0 Å². The van der Waals surface area contributed by atoms with Crippen molar-refractivity contribution in [3.63, 3.8) is 0 Å². The van der Waals surface area contributed by atoms with E-state index in [1.54, 1.807) is 0 Å². The van der Waals surface area contributed by atoms with Crippen molar-refractivity contribution in [2.24, 2.45) is 22.6 Å². The number of rotatable bonds is 2. The van der Waals surface area contributed by atoms with Gasteiger partial charge in [0, 0.05) is 18.2 Å². The second kappa shape index (κ2) is 4.10. The van der Waals surface area contributed by atoms with Crippen LogP contribution in [0, 0.1) is 11.8 Å². The smallest absolute Gasteiger partial charge is 0.219 e. The molecule has 0 aromatic heterocycles. The molecule has 0 bridgehead atoms. The number of ether oxygens (including phenoxy) is 2. The van der Waals surface area contributed by atoms with Crippen LogP contribution in [0.3, 0.4) is 0 Å². The SMILES string of the molecule is CC(N)CC1C=C2OCCO[C@]23N=CCC3C1. The number of aliphatic imine (C=N–C) groups is 1. The molecule has 4 heteroatoms. The Balaban J connectivity index is 1.87. The van der Waals surface area contributed by atoms with Crippen LogP contribution in [-0.4, -0.2) is 31.2 Å². The van der Waals surface area contributed by atoms with Crippen molar-refractivity contribution in [2.45, 2.75) is 38.0 Å². The molecule has 2 heterocycles. The largest absolute Gasteiger partial charge is 0.491 e. The van der Waals surface area contributed by atoms with Crippen LogP contribution in [0.5, 0.6) is 0 Å². The van der Waals surface area contributed by atoms with Gasteiger partial charge in [-0.05, 0) is 38.2 Å². The van der Waals surface area contributed by atoms with Gasteiger partial charge in [-0.25, -0.2) is 0 Å². The van der Waals surface area contributed by atoms with Crippen molar-refractivity contribution in [1.82, 2.24) is 0 Å². The van der Waals surface area contributed by atoms with Gasteiger partial charge >= 0.3 is 0 Å². The summed E-state index contributed by atoms with van der Waals surface area (Å²) in [4.78, 5) is 4.55. The Morgan fingerprint density at radius 3 is 3.29 bits per heavy atom. The van der Waals surface area contributed by atoms with Crippen molar-refractivity contribution in [2.75, 3.05) is 13.2 Å². The minimum atomic E-state index is -0.480. The summed E-state index contributed by atoms with van der Waals surface area (Å²) in [7, 11) is 0. The first kappa shape index (κ1) is 11.2. The standard InChI is InChI=1S/C13H20N2O2/c1-9(14)6-10-7-11-2-3-15-13(11)12(8-10)16-4-5-17-13/h3,8-11H,2,4-7,14H2,1H3/t9?,10?,11?,13-/m0/s1. The Kier molecular flexibility index (Phi) is 2.71. The summed E-state index contributed by atoms with van der Waals surface area (Å²) < 4.78 is 11.7. The van der Waals surface area contributed by atoms with Crippen molar-refractivity contribution >= 4 is 6.21 Å². The molecule has 1 aliphatic carbocycles. The topological polar surface area (TPSA) is 56.8 Å². The van der Waals surface area contributed by atoms with Crippen molar-refractivity contribution in [1.29, 1.82) is 0 Å². The monoisotopic (exact) mass is 236 g/mol. The van der Waals surface area contributed by atoms with E-state index in [4.69, 9.17) is 15.2 Å². The van der Waals surface area contributed by atoms with Gasteiger partial charge in [-0.3, -0.25) is 4.99 Å². The zero-order valence-electron chi connectivity index (χ0n) is 10.3. The summed E-state index contributed by atoms with van der Waals surface area (Å²) in [6, 6.07) is 0.233. The molecule has 1 saturated heterocycles. The maximum atomic E-state index is 5.92. The van der Waals surface area contributed by atoms with Crippen LogP contribution in [-0.2, 0) is 9.47 Å². The molecule has 3 unspecified atom stereocenters. The van der Waals surface area contributed by atoms with E-state index in [0.29, 0.717) is 25.0 Å². The van der Waals surface area contributed by atoms with Crippen LogP contribution in [0.4, 0.5) is 0 Å². The van der Waals surface area contributed by atoms with E-state index in [1.165, 1.54) is 0 Å². The highest BCUT2D eigenvalue weighted by Gasteiger charge is 2.51. The quantitative estimate of drug-likeness (QED) is 0.789. The molecule has 0 aromatic carbocycles. The van der Waals surface area contributed by atoms with Crippen LogP contribution in [0.15, 0.2) is 16.8 Å². The fraction of sp³-hybridized carbons (Fsp3) is 0.769. The third-order valence-corrected chi connectivity index (χ3v) is 3.89. The second-order valence-corrected chi connectivity index (χ2v) is 5.38. The molecule has 0 aromatic rings. The number of hydrogen-bond donors (Lipinski definition) is 1. The van der Waals surface area contributed by atoms with E-state index in [1.807, 2.05) is 6.21 Å². The van der Waals surface area contributed by atoms with Gasteiger partial charge in [0.05, 0.1) is 6.61 Å². The van der Waals surface area contributed by atoms with Gasteiger partial charge in [0.15, 0.2) is 0 Å². The number of hydrogen-bond acceptors (Lipinski definition) is 4. The molecule has 3 rings (SSSR count). The Morgan fingerprint density at radius 2 is 2.47 bits per heavy atom. The van der Waals surface area contributed by atoms with Gasteiger partial charge in [-0.2, -0.15) is 0 Å². The lowest BCUT2D eigenvalue weighted by atomic mass is 9.77. The summed E-state index contributed by atoms with van der Waals surface area (Å²) >= 11 is 0. The first-order valence-electron chi connectivity index (χ1n) is 6.49. The molecule has 4 nitrogen and oxygen atoms in total. The Hall–Kier alpha value is -0.870. The number of allylic oxidation sites excluding steroid dienone is 1. The lowest BCUT2D eigenvalue weighted by Crippen LogP contribution is -2.47. The van der Waals surface area contributed by atoms with Crippen LogP contribution in [0.2, 0.25) is 0 Å². The summed E-state index contributed by atoms with van der Waals surface area (Å²) in [6.07, 6.45) is 7.30. The Bertz CT molecular complexity index is 364. The first-order valence-corrected chi connectivity index (χ1v) is 6.49. The van der Waals surface area contributed by atoms with Crippen molar-refractivity contribution in [3.05, 3.63) is 11.8 Å². The molecule has 0 radical (unpaired) electrons. The minimum absolute atomic E-state index is 0.233. The van der Waals surface area contributed by atoms with Gasteiger partial charge in [0.2, 0.25) is 5.72 Å². The van der Waals surface area contributed by atoms with Gasteiger partial charge in [-0.15, -0.1) is 0 Å². The molecule has 1 fully saturated rings. The van der Waals surface area contributed by atoms with Crippen LogP contribution < -0.4 is 5.73 Å². The number of nitrogens with two attached hydrogens (primary N) is 1. The van der Waals surface area contributed by atoms with Crippen molar-refractivity contribution < 1.29 is 9.47 Å². The maximum Gasteiger partial charge on any atom is 0.219 e. The predicted octanol–water partition coefficient (Wildman–Crippen LogP) is 1.46. The molecule has 2 aliphatic heterocycles. The summed E-state index contributed by atoms with van der Waals surface area (Å²) in [5, 5.41) is 0. The third kappa shape index (κ3) is 1.79. The zero-order valence-corrected chi connectivity index (χ0v) is 10.3. The molecule has 94 valence electrons. The number of nitrogens with zero attached hydrogens (tertiary/aromatic N) is 1. The van der Waals surface area contributed by atoms with E-state index < -0.39 is 5.72 Å². The highest BCUT2D eigenvalue weighted by Crippen LogP contribution is 2.47. The normalized spacial score (nSPS) is 41.2. The van der Waals surface area contributed by atoms with Gasteiger partial charge in [0.1, 0.15) is 12.4 Å². The van der Waals surface area contributed by atoms with Crippen LogP contribution in [0.1, 0.15) is 26.2 Å². The average Bonchev–Trinajstić information content (AvgIpc) is 2.68. The maximum absolute atomic E-state index is 5.92. The molecular weight excluding hydrogens is 216 g/mol. The molecule has 4 atom stereocenters. The second-order valence-electron chi connectivity index (χ2n) is 5.38. The van der Waals surface area contributed by atoms with E-state index in [2.05, 4.69) is 18.0 Å². The van der Waals surface area contributed by atoms with E-state index >= 15 is 0 Å². The molecule has 2 N–H and O–H groups in total. The van der Waals surface area contributed by atoms with Gasteiger partial charge < -0.3 is 15.2 Å². The highest BCUT2D eigenvalue weighted by molar-refractivity contribution is 5.63. The zero-order chi connectivity index (χ0) is 11.9. The Morgan fingerprint density at radius 1 is 1.59 bits per heavy atom. The fourth-order valence-corrected chi connectivity index (χ4v) is 3.24. The highest BCUT2D eigenvalue weighted by atomic mass is 16.6. The summed E-state index contributed by atoms with van der Waals surface area (Å²) in [6.45, 7) is 3.34. The molecule has 3 aliphatic rings. The van der Waals surface area contributed by atoms with Crippen LogP contribution >= 0.6 is 0 Å².